The first kappa shape index (κ1) is 26.3. The molecule has 2 aromatic heterocycles. The van der Waals surface area contributed by atoms with Crippen LogP contribution >= 0.6 is 11.3 Å². The second kappa shape index (κ2) is 8.92. The third-order valence-corrected chi connectivity index (χ3v) is 9.82. The number of carbonyl (C=O) groups excluding carboxylic acids is 2. The summed E-state index contributed by atoms with van der Waals surface area (Å²) < 4.78 is 56.8. The number of aromatic nitrogens is 2. The van der Waals surface area contributed by atoms with Gasteiger partial charge < -0.3 is 29.7 Å². The molecule has 2 saturated heterocycles. The number of carbonyl (C=O) groups is 2. The number of hydrogen-bond acceptors (Lipinski definition) is 9. The van der Waals surface area contributed by atoms with Crippen LogP contribution < -0.4 is 25.0 Å². The summed E-state index contributed by atoms with van der Waals surface area (Å²) >= 11 is 1.39. The second-order valence-corrected chi connectivity index (χ2v) is 12.2. The SMILES string of the molecule is COc1cc(NC(=O)c2c(OC)ccc3nc(N4C5COCC4C5)sc23)c(C(=O)NC23CC(C(F)(F)F)(C2)C3)cn1. The zero-order valence-corrected chi connectivity index (χ0v) is 22.9. The molecule has 2 N–H and O–H groups in total. The zero-order valence-electron chi connectivity index (χ0n) is 22.1. The van der Waals surface area contributed by atoms with E-state index in [1.807, 2.05) is 0 Å². The van der Waals surface area contributed by atoms with Gasteiger partial charge in [0.25, 0.3) is 11.8 Å². The van der Waals surface area contributed by atoms with E-state index in [0.717, 1.165) is 11.6 Å². The number of nitrogens with zero attached hydrogens (tertiary/aromatic N) is 3. The average Bonchev–Trinajstić information content (AvgIpc) is 3.31. The number of alkyl halides is 3. The van der Waals surface area contributed by atoms with Gasteiger partial charge in [-0.1, -0.05) is 11.3 Å². The molecule has 10 nitrogen and oxygen atoms in total. The van der Waals surface area contributed by atoms with E-state index in [1.54, 1.807) is 12.1 Å². The van der Waals surface area contributed by atoms with Crippen LogP contribution in [0.3, 0.4) is 0 Å². The summed E-state index contributed by atoms with van der Waals surface area (Å²) in [5.74, 6) is -0.688. The standard InChI is InChI=1S/C27H26F3N5O5S/c1-38-18-4-3-16-21(41-24(33-16)35-13-5-14(35)9-40-8-13)20(18)23(37)32-17-6-19(39-2)31-7-15(17)22(36)34-26-10-25(11-26,12-26)27(28,29)30/h3-4,6-7,13-14H,5,8-12H2,1-2H3,(H,34,36)(H,31,32,37). The number of methoxy groups -OCH3 is 2. The third-order valence-electron chi connectivity index (χ3n) is 8.72. The highest BCUT2D eigenvalue weighted by atomic mass is 32.1. The van der Waals surface area contributed by atoms with Gasteiger partial charge in [-0.05, 0) is 37.8 Å². The van der Waals surface area contributed by atoms with Crippen molar-refractivity contribution in [2.24, 2.45) is 5.41 Å². The first-order chi connectivity index (χ1) is 19.6. The molecule has 0 spiro atoms. The minimum Gasteiger partial charge on any atom is -0.496 e. The van der Waals surface area contributed by atoms with Crippen molar-refractivity contribution in [3.8, 4) is 11.6 Å². The number of anilines is 2. The quantitative estimate of drug-likeness (QED) is 0.423. The fraction of sp³-hybridized carbons (Fsp3) is 0.481. The van der Waals surface area contributed by atoms with Gasteiger partial charge in [0.15, 0.2) is 5.13 Å². The molecule has 2 unspecified atom stereocenters. The van der Waals surface area contributed by atoms with E-state index in [-0.39, 0.29) is 54.0 Å². The summed E-state index contributed by atoms with van der Waals surface area (Å²) in [4.78, 5) is 38.1. The molecule has 4 heterocycles. The van der Waals surface area contributed by atoms with E-state index in [0.29, 0.717) is 29.2 Å². The van der Waals surface area contributed by atoms with Crippen molar-refractivity contribution in [3.05, 3.63) is 35.5 Å². The Bertz CT molecular complexity index is 1560. The van der Waals surface area contributed by atoms with Gasteiger partial charge in [0.2, 0.25) is 5.88 Å². The summed E-state index contributed by atoms with van der Waals surface area (Å²) in [7, 11) is 2.85. The molecular formula is C27H26F3N5O5S. The van der Waals surface area contributed by atoms with Crippen LogP contribution in [0.1, 0.15) is 46.4 Å². The smallest absolute Gasteiger partial charge is 0.394 e. The Balaban J connectivity index is 1.17. The highest BCUT2D eigenvalue weighted by molar-refractivity contribution is 7.22. The Morgan fingerprint density at radius 3 is 2.49 bits per heavy atom. The topological polar surface area (TPSA) is 115 Å². The van der Waals surface area contributed by atoms with E-state index in [9.17, 15) is 22.8 Å². The first-order valence-corrected chi connectivity index (χ1v) is 14.0. The third kappa shape index (κ3) is 3.94. The molecule has 1 aromatic carbocycles. The number of pyridine rings is 1. The maximum absolute atomic E-state index is 13.8. The summed E-state index contributed by atoms with van der Waals surface area (Å²) in [5.41, 5.74) is -1.61. The predicted molar refractivity (Wildman–Crippen MR) is 143 cm³/mol. The number of amides is 2. The molecule has 2 atom stereocenters. The van der Waals surface area contributed by atoms with Crippen LogP contribution in [0.25, 0.3) is 10.2 Å². The predicted octanol–water partition coefficient (Wildman–Crippen LogP) is 4.15. The lowest BCUT2D eigenvalue weighted by molar-refractivity contribution is -0.336. The number of nitrogens with one attached hydrogen (secondary N) is 2. The molecule has 5 fully saturated rings. The van der Waals surface area contributed by atoms with Crippen molar-refractivity contribution in [2.75, 3.05) is 37.7 Å². The number of halogens is 3. The lowest BCUT2D eigenvalue weighted by Gasteiger charge is -2.70. The molecule has 2 amide bonds. The number of rotatable bonds is 7. The number of ether oxygens (including phenoxy) is 3. The lowest BCUT2D eigenvalue weighted by atomic mass is 9.39. The Labute approximate surface area is 236 Å². The van der Waals surface area contributed by atoms with Crippen LogP contribution in [0.2, 0.25) is 0 Å². The normalized spacial score (nSPS) is 27.8. The van der Waals surface area contributed by atoms with Crippen LogP contribution in [0.4, 0.5) is 24.0 Å². The van der Waals surface area contributed by atoms with Crippen molar-refractivity contribution < 1.29 is 37.0 Å². The van der Waals surface area contributed by atoms with Gasteiger partial charge in [0.1, 0.15) is 11.3 Å². The molecule has 3 aromatic rings. The van der Waals surface area contributed by atoms with Gasteiger partial charge >= 0.3 is 6.18 Å². The summed E-state index contributed by atoms with van der Waals surface area (Å²) in [6, 6.07) is 5.37. The van der Waals surface area contributed by atoms with E-state index < -0.39 is 28.9 Å². The average molecular weight is 590 g/mol. The van der Waals surface area contributed by atoms with Crippen molar-refractivity contribution in [3.63, 3.8) is 0 Å². The van der Waals surface area contributed by atoms with Crippen LogP contribution in [0, 0.1) is 5.41 Å². The minimum atomic E-state index is -4.29. The van der Waals surface area contributed by atoms with E-state index in [1.165, 1.54) is 37.8 Å². The van der Waals surface area contributed by atoms with Gasteiger partial charge in [0.05, 0.1) is 66.4 Å². The fourth-order valence-electron chi connectivity index (χ4n) is 6.65. The van der Waals surface area contributed by atoms with E-state index in [2.05, 4.69) is 20.5 Å². The summed E-state index contributed by atoms with van der Waals surface area (Å²) in [5, 5.41) is 6.33. The molecule has 216 valence electrons. The highest BCUT2D eigenvalue weighted by Gasteiger charge is 2.79. The molecule has 4 bridgehead atoms. The molecule has 3 aliphatic carbocycles. The molecular weight excluding hydrogens is 563 g/mol. The summed E-state index contributed by atoms with van der Waals surface area (Å²) in [6.45, 7) is 1.27. The number of benzene rings is 1. The number of hydrogen-bond donors (Lipinski definition) is 2. The van der Waals surface area contributed by atoms with Crippen LogP contribution in [0.15, 0.2) is 24.4 Å². The molecule has 14 heteroatoms. The molecule has 3 saturated carbocycles. The van der Waals surface area contributed by atoms with Crippen molar-refractivity contribution in [1.29, 1.82) is 0 Å². The van der Waals surface area contributed by atoms with Crippen molar-refractivity contribution in [2.45, 2.75) is 49.5 Å². The molecule has 0 radical (unpaired) electrons. The Morgan fingerprint density at radius 1 is 1.12 bits per heavy atom. The zero-order chi connectivity index (χ0) is 28.7. The maximum Gasteiger partial charge on any atom is 0.394 e. The van der Waals surface area contributed by atoms with Gasteiger partial charge in [-0.3, -0.25) is 9.59 Å². The van der Waals surface area contributed by atoms with Crippen LogP contribution in [-0.2, 0) is 4.74 Å². The van der Waals surface area contributed by atoms with Crippen molar-refractivity contribution in [1.82, 2.24) is 15.3 Å². The summed E-state index contributed by atoms with van der Waals surface area (Å²) in [6.07, 6.45) is -2.48. The fourth-order valence-corrected chi connectivity index (χ4v) is 7.90. The Kier molecular flexibility index (Phi) is 5.72. The number of thiazole rings is 1. The molecule has 41 heavy (non-hydrogen) atoms. The van der Waals surface area contributed by atoms with Gasteiger partial charge in [0, 0.05) is 17.8 Å². The lowest BCUT2D eigenvalue weighted by Crippen LogP contribution is -2.78. The first-order valence-electron chi connectivity index (χ1n) is 13.1. The van der Waals surface area contributed by atoms with Gasteiger partial charge in [-0.15, -0.1) is 0 Å². The van der Waals surface area contributed by atoms with Crippen molar-refractivity contribution >= 4 is 44.2 Å². The number of morpholine rings is 1. The Hall–Kier alpha value is -3.65. The van der Waals surface area contributed by atoms with Crippen LogP contribution in [-0.4, -0.2) is 73.0 Å². The second-order valence-electron chi connectivity index (χ2n) is 11.2. The Morgan fingerprint density at radius 2 is 1.85 bits per heavy atom. The monoisotopic (exact) mass is 589 g/mol. The van der Waals surface area contributed by atoms with Gasteiger partial charge in [-0.25, -0.2) is 9.97 Å². The van der Waals surface area contributed by atoms with Crippen LogP contribution in [0.5, 0.6) is 11.6 Å². The number of fused-ring (bicyclic) bond motifs is 3. The van der Waals surface area contributed by atoms with E-state index >= 15 is 0 Å². The largest absolute Gasteiger partial charge is 0.496 e. The molecule has 8 rings (SSSR count). The molecule has 2 aliphatic heterocycles. The maximum atomic E-state index is 13.8. The minimum absolute atomic E-state index is 0.00877. The van der Waals surface area contributed by atoms with E-state index in [4.69, 9.17) is 19.2 Å². The highest BCUT2D eigenvalue weighted by Crippen LogP contribution is 2.73. The molecule has 5 aliphatic rings. The van der Waals surface area contributed by atoms with Gasteiger partial charge in [-0.2, -0.15) is 13.2 Å².